The molecule has 0 saturated carbocycles. The van der Waals surface area contributed by atoms with Crippen LogP contribution in [0, 0.1) is 6.92 Å². The lowest BCUT2D eigenvalue weighted by Gasteiger charge is -2.15. The number of pyridine rings is 1. The molecule has 0 aliphatic heterocycles. The Hall–Kier alpha value is -3.36. The number of hydrogen-bond donors (Lipinski definition) is 1. The van der Waals surface area contributed by atoms with E-state index in [-0.39, 0.29) is 23.5 Å². The highest BCUT2D eigenvalue weighted by molar-refractivity contribution is 5.88. The van der Waals surface area contributed by atoms with E-state index in [2.05, 4.69) is 14.7 Å². The van der Waals surface area contributed by atoms with Crippen molar-refractivity contribution < 1.29 is 27.8 Å². The van der Waals surface area contributed by atoms with Crippen LogP contribution in [0.15, 0.2) is 48.8 Å². The Balaban J connectivity index is 2.11. The third kappa shape index (κ3) is 4.08. The summed E-state index contributed by atoms with van der Waals surface area (Å²) in [5.74, 6) is -1.34. The van der Waals surface area contributed by atoms with E-state index in [4.69, 9.17) is 0 Å². The van der Waals surface area contributed by atoms with Crippen LogP contribution in [0.4, 0.5) is 13.2 Å². The van der Waals surface area contributed by atoms with Crippen LogP contribution in [-0.2, 0) is 6.54 Å². The number of aryl methyl sites for hydroxylation is 1. The first-order valence-electron chi connectivity index (χ1n) is 7.80. The minimum absolute atomic E-state index is 0.115. The number of ether oxygens (including phenoxy) is 1. The molecule has 0 fully saturated rings. The molecule has 0 radical (unpaired) electrons. The third-order valence-corrected chi connectivity index (χ3v) is 3.79. The predicted molar refractivity (Wildman–Crippen MR) is 89.4 cm³/mol. The van der Waals surface area contributed by atoms with Gasteiger partial charge >= 0.3 is 12.3 Å². The van der Waals surface area contributed by atoms with Crippen LogP contribution in [0.3, 0.4) is 0 Å². The molecule has 6 nitrogen and oxygen atoms in total. The molecule has 0 unspecified atom stereocenters. The third-order valence-electron chi connectivity index (χ3n) is 3.79. The van der Waals surface area contributed by atoms with Crippen molar-refractivity contribution in [3.63, 3.8) is 0 Å². The normalized spacial score (nSPS) is 11.4. The molecule has 3 rings (SSSR count). The van der Waals surface area contributed by atoms with Gasteiger partial charge in [0.2, 0.25) is 0 Å². The molecule has 140 valence electrons. The number of rotatable bonds is 5. The van der Waals surface area contributed by atoms with Gasteiger partial charge in [-0.1, -0.05) is 18.2 Å². The van der Waals surface area contributed by atoms with Gasteiger partial charge in [-0.15, -0.1) is 13.2 Å². The lowest BCUT2D eigenvalue weighted by Crippen LogP contribution is -2.19. The minimum Gasteiger partial charge on any atom is -0.477 e. The van der Waals surface area contributed by atoms with E-state index in [0.717, 1.165) is 0 Å². The van der Waals surface area contributed by atoms with Crippen molar-refractivity contribution in [2.75, 3.05) is 0 Å². The van der Waals surface area contributed by atoms with Gasteiger partial charge in [-0.25, -0.2) is 9.78 Å². The van der Waals surface area contributed by atoms with Crippen LogP contribution in [-0.4, -0.2) is 32.0 Å². The van der Waals surface area contributed by atoms with E-state index in [9.17, 15) is 23.1 Å². The monoisotopic (exact) mass is 377 g/mol. The summed E-state index contributed by atoms with van der Waals surface area (Å²) in [6, 6.07) is 8.92. The van der Waals surface area contributed by atoms with Crippen molar-refractivity contribution in [1.29, 1.82) is 0 Å². The lowest BCUT2D eigenvalue weighted by molar-refractivity contribution is -0.274. The van der Waals surface area contributed by atoms with Crippen LogP contribution in [0.2, 0.25) is 0 Å². The molecular formula is C18H14F3N3O3. The van der Waals surface area contributed by atoms with Crippen molar-refractivity contribution in [2.24, 2.45) is 0 Å². The molecular weight excluding hydrogens is 363 g/mol. The quantitative estimate of drug-likeness (QED) is 0.730. The van der Waals surface area contributed by atoms with Crippen molar-refractivity contribution in [3.8, 4) is 17.1 Å². The molecule has 3 aromatic rings. The van der Waals surface area contributed by atoms with E-state index >= 15 is 0 Å². The first kappa shape index (κ1) is 18.4. The summed E-state index contributed by atoms with van der Waals surface area (Å²) in [5, 5.41) is 9.55. The molecule has 0 saturated heterocycles. The zero-order valence-electron chi connectivity index (χ0n) is 14.1. The molecule has 1 aromatic carbocycles. The summed E-state index contributed by atoms with van der Waals surface area (Å²) in [7, 11) is 0. The Morgan fingerprint density at radius 2 is 1.96 bits per heavy atom. The molecule has 0 atom stereocenters. The van der Waals surface area contributed by atoms with Crippen molar-refractivity contribution >= 4 is 5.97 Å². The maximum Gasteiger partial charge on any atom is 0.573 e. The molecule has 0 aliphatic carbocycles. The number of benzene rings is 1. The lowest BCUT2D eigenvalue weighted by atomic mass is 10.2. The first-order chi connectivity index (χ1) is 12.8. The van der Waals surface area contributed by atoms with Crippen LogP contribution < -0.4 is 4.74 Å². The number of imidazole rings is 1. The van der Waals surface area contributed by atoms with Gasteiger partial charge in [-0.05, 0) is 25.1 Å². The fraction of sp³-hybridized carbons (Fsp3) is 0.167. The highest BCUT2D eigenvalue weighted by Crippen LogP contribution is 2.29. The minimum atomic E-state index is -4.86. The fourth-order valence-electron chi connectivity index (χ4n) is 2.74. The maximum absolute atomic E-state index is 12.7. The average Bonchev–Trinajstić information content (AvgIpc) is 2.92. The number of carboxylic acids is 1. The zero-order valence-corrected chi connectivity index (χ0v) is 14.1. The summed E-state index contributed by atoms with van der Waals surface area (Å²) in [6.07, 6.45) is -1.81. The highest BCUT2D eigenvalue weighted by atomic mass is 19.4. The van der Waals surface area contributed by atoms with Crippen LogP contribution >= 0.6 is 0 Å². The van der Waals surface area contributed by atoms with E-state index in [1.165, 1.54) is 35.9 Å². The number of carbonyl (C=O) groups is 1. The number of para-hydroxylation sites is 1. The molecule has 1 N–H and O–H groups in total. The van der Waals surface area contributed by atoms with Crippen LogP contribution in [0.5, 0.6) is 5.75 Å². The van der Waals surface area contributed by atoms with Gasteiger partial charge in [-0.2, -0.15) is 0 Å². The largest absolute Gasteiger partial charge is 0.573 e. The summed E-state index contributed by atoms with van der Waals surface area (Å²) >= 11 is 0. The number of aromatic carboxylic acids is 1. The van der Waals surface area contributed by atoms with Gasteiger partial charge in [0.1, 0.15) is 11.6 Å². The van der Waals surface area contributed by atoms with Crippen molar-refractivity contribution in [1.82, 2.24) is 14.5 Å². The number of aromatic nitrogens is 3. The number of alkyl halides is 3. The van der Waals surface area contributed by atoms with E-state index < -0.39 is 18.1 Å². The van der Waals surface area contributed by atoms with Gasteiger partial charge in [0, 0.05) is 23.5 Å². The van der Waals surface area contributed by atoms with Gasteiger partial charge in [0.25, 0.3) is 0 Å². The number of hydrogen-bond acceptors (Lipinski definition) is 4. The van der Waals surface area contributed by atoms with Gasteiger partial charge < -0.3 is 14.4 Å². The van der Waals surface area contributed by atoms with Crippen molar-refractivity contribution in [2.45, 2.75) is 19.8 Å². The second kappa shape index (κ2) is 7.10. The molecule has 0 spiro atoms. The highest BCUT2D eigenvalue weighted by Gasteiger charge is 2.32. The topological polar surface area (TPSA) is 77.2 Å². The SMILES string of the molecule is Cc1nc(-c2cccnc2)n(Cc2ccccc2OC(F)(F)F)c1C(=O)O. The number of nitrogens with zero attached hydrogens (tertiary/aromatic N) is 3. The van der Waals surface area contributed by atoms with Crippen molar-refractivity contribution in [3.05, 3.63) is 65.7 Å². The second-order valence-electron chi connectivity index (χ2n) is 5.66. The molecule has 0 aliphatic rings. The Morgan fingerprint density at radius 1 is 1.22 bits per heavy atom. The summed E-state index contributed by atoms with van der Waals surface area (Å²) in [6.45, 7) is 1.36. The van der Waals surface area contributed by atoms with Crippen LogP contribution in [0.25, 0.3) is 11.4 Å². The Bertz CT molecular complexity index is 969. The standard InChI is InChI=1S/C18H14F3N3O3/c1-11-15(17(25)26)24(16(23-11)12-6-4-8-22-9-12)10-13-5-2-3-7-14(13)27-18(19,20)21/h2-9H,10H2,1H3,(H,25,26). The molecule has 2 aromatic heterocycles. The number of carboxylic acid groups (broad SMARTS) is 1. The smallest absolute Gasteiger partial charge is 0.477 e. The molecule has 9 heteroatoms. The van der Waals surface area contributed by atoms with E-state index in [0.29, 0.717) is 11.4 Å². The Morgan fingerprint density at radius 3 is 2.59 bits per heavy atom. The molecule has 0 bridgehead atoms. The van der Waals surface area contributed by atoms with Crippen LogP contribution in [0.1, 0.15) is 21.7 Å². The van der Waals surface area contributed by atoms with Gasteiger partial charge in [-0.3, -0.25) is 4.98 Å². The zero-order chi connectivity index (χ0) is 19.6. The summed E-state index contributed by atoms with van der Waals surface area (Å²) in [4.78, 5) is 20.0. The summed E-state index contributed by atoms with van der Waals surface area (Å²) < 4.78 is 43.4. The molecule has 0 amide bonds. The van der Waals surface area contributed by atoms with E-state index in [1.807, 2.05) is 0 Å². The van der Waals surface area contributed by atoms with E-state index in [1.54, 1.807) is 24.4 Å². The molecule has 27 heavy (non-hydrogen) atoms. The Labute approximate surface area is 151 Å². The fourth-order valence-corrected chi connectivity index (χ4v) is 2.74. The molecule has 2 heterocycles. The average molecular weight is 377 g/mol. The Kier molecular flexibility index (Phi) is 4.85. The van der Waals surface area contributed by atoms with Gasteiger partial charge in [0.15, 0.2) is 5.69 Å². The van der Waals surface area contributed by atoms with Gasteiger partial charge in [0.05, 0.1) is 12.2 Å². The predicted octanol–water partition coefficient (Wildman–Crippen LogP) is 3.90. The maximum atomic E-state index is 12.7. The summed E-state index contributed by atoms with van der Waals surface area (Å²) in [5.41, 5.74) is 0.841. The number of halogens is 3. The first-order valence-corrected chi connectivity index (χ1v) is 7.80. The second-order valence-corrected chi connectivity index (χ2v) is 5.66.